The molecule has 0 radical (unpaired) electrons. The van der Waals surface area contributed by atoms with E-state index < -0.39 is 23.8 Å². The number of benzene rings is 1. The van der Waals surface area contributed by atoms with Gasteiger partial charge in [0.1, 0.15) is 17.5 Å². The van der Waals surface area contributed by atoms with E-state index in [-0.39, 0.29) is 30.6 Å². The normalized spacial score (nSPS) is 21.7. The Kier molecular flexibility index (Phi) is 9.03. The van der Waals surface area contributed by atoms with Crippen molar-refractivity contribution in [1.29, 1.82) is 0 Å². The number of nitrogens with zero attached hydrogens (tertiary/aromatic N) is 6. The number of anilines is 1. The number of piperidine rings is 2. The average molecular weight is 749 g/mol. The molecule has 278 valence electrons. The zero-order chi connectivity index (χ0) is 37.1. The molecule has 5 amide bonds. The minimum absolute atomic E-state index is 0.0304. The molecule has 4 aliphatic heterocycles. The summed E-state index contributed by atoms with van der Waals surface area (Å²) in [5.41, 5.74) is 5.14. The van der Waals surface area contributed by atoms with Crippen molar-refractivity contribution >= 4 is 58.0 Å². The first kappa shape index (κ1) is 34.8. The van der Waals surface area contributed by atoms with E-state index in [1.165, 1.54) is 18.4 Å². The lowest BCUT2D eigenvalue weighted by atomic mass is 9.88. The highest BCUT2D eigenvalue weighted by Crippen LogP contribution is 2.46. The van der Waals surface area contributed by atoms with Crippen LogP contribution in [0.25, 0.3) is 22.3 Å². The molecular formula is C40H41ClN8O5. The summed E-state index contributed by atoms with van der Waals surface area (Å²) < 4.78 is 0. The van der Waals surface area contributed by atoms with Gasteiger partial charge in [-0.25, -0.2) is 9.97 Å². The molecule has 5 aliphatic rings. The molecule has 1 atom stereocenters. The molecule has 3 aromatic heterocycles. The summed E-state index contributed by atoms with van der Waals surface area (Å²) in [6.07, 6.45) is 9.16. The first-order valence-electron chi connectivity index (χ1n) is 19.0. The van der Waals surface area contributed by atoms with E-state index in [0.29, 0.717) is 46.7 Å². The van der Waals surface area contributed by atoms with E-state index >= 15 is 0 Å². The molecule has 3 saturated heterocycles. The van der Waals surface area contributed by atoms with Gasteiger partial charge >= 0.3 is 0 Å². The maximum atomic E-state index is 13.4. The van der Waals surface area contributed by atoms with Crippen molar-refractivity contribution < 1.29 is 24.0 Å². The number of amides is 5. The van der Waals surface area contributed by atoms with Gasteiger partial charge in [-0.15, -0.1) is 0 Å². The minimum Gasteiger partial charge on any atom is -0.346 e. The Morgan fingerprint density at radius 2 is 1.61 bits per heavy atom. The predicted octanol–water partition coefficient (Wildman–Crippen LogP) is 4.48. The summed E-state index contributed by atoms with van der Waals surface area (Å²) in [6.45, 7) is 5.29. The zero-order valence-corrected chi connectivity index (χ0v) is 30.6. The number of piperazine rings is 1. The number of aromatic amines is 1. The highest BCUT2D eigenvalue weighted by molar-refractivity contribution is 6.38. The van der Waals surface area contributed by atoms with E-state index in [4.69, 9.17) is 16.6 Å². The van der Waals surface area contributed by atoms with Gasteiger partial charge in [-0.05, 0) is 112 Å². The Morgan fingerprint density at radius 1 is 0.815 bits per heavy atom. The standard InChI is InChI=1S/C40H41ClN8O5/c41-36-29(21-43-37-35(36)28(20-42-37)24-5-6-24)30-3-1-4-32(44-30)48-18-17-47(22-34(48)51)14-2-13-46-15-11-23(12-16-46)25-7-8-26-27(19-25)40(54)49(39(26)53)31-9-10-33(50)45-38(31)52/h1,3-4,7-8,19-21,23-24,31H,2,5-6,9-18,22H2,(H,42,43)(H,45,50,52). The number of imide groups is 2. The van der Waals surface area contributed by atoms with Crippen LogP contribution in [-0.4, -0.2) is 111 Å². The van der Waals surface area contributed by atoms with Crippen molar-refractivity contribution in [3.63, 3.8) is 0 Å². The largest absolute Gasteiger partial charge is 0.346 e. The Morgan fingerprint density at radius 3 is 2.39 bits per heavy atom. The Labute approximate surface area is 317 Å². The lowest BCUT2D eigenvalue weighted by Gasteiger charge is -2.35. The summed E-state index contributed by atoms with van der Waals surface area (Å²) in [7, 11) is 0. The molecule has 4 aromatic rings. The van der Waals surface area contributed by atoms with Gasteiger partial charge in [-0.3, -0.25) is 44.0 Å². The fraction of sp³-hybridized carbons (Fsp3) is 0.425. The highest BCUT2D eigenvalue weighted by atomic mass is 35.5. The van der Waals surface area contributed by atoms with E-state index in [2.05, 4.69) is 25.1 Å². The van der Waals surface area contributed by atoms with Gasteiger partial charge in [0.2, 0.25) is 17.7 Å². The molecule has 1 aliphatic carbocycles. The smallest absolute Gasteiger partial charge is 0.262 e. The third kappa shape index (κ3) is 6.37. The molecule has 0 spiro atoms. The van der Waals surface area contributed by atoms with Gasteiger partial charge in [0.15, 0.2) is 0 Å². The van der Waals surface area contributed by atoms with Gasteiger partial charge in [0, 0.05) is 42.9 Å². The number of carbonyl (C=O) groups is 5. The number of rotatable bonds is 9. The molecule has 9 rings (SSSR count). The van der Waals surface area contributed by atoms with Crippen LogP contribution in [0.5, 0.6) is 0 Å². The number of fused-ring (bicyclic) bond motifs is 2. The number of halogens is 1. The van der Waals surface area contributed by atoms with Crippen molar-refractivity contribution in [1.82, 2.24) is 35.0 Å². The van der Waals surface area contributed by atoms with Crippen LogP contribution in [0.3, 0.4) is 0 Å². The molecule has 1 saturated carbocycles. The molecule has 14 heteroatoms. The predicted molar refractivity (Wildman–Crippen MR) is 201 cm³/mol. The first-order valence-corrected chi connectivity index (χ1v) is 19.3. The zero-order valence-electron chi connectivity index (χ0n) is 29.9. The van der Waals surface area contributed by atoms with E-state index in [1.807, 2.05) is 36.5 Å². The number of pyridine rings is 2. The van der Waals surface area contributed by atoms with Crippen LogP contribution in [-0.2, 0) is 14.4 Å². The lowest BCUT2D eigenvalue weighted by molar-refractivity contribution is -0.136. The van der Waals surface area contributed by atoms with Crippen molar-refractivity contribution in [3.05, 3.63) is 76.1 Å². The van der Waals surface area contributed by atoms with Crippen LogP contribution in [0.2, 0.25) is 5.02 Å². The monoisotopic (exact) mass is 748 g/mol. The SMILES string of the molecule is O=C1CCC(N2C(=O)c3ccc(C4CCN(CCCN5CCN(c6cccc(-c7cnc8[nH]cc(C9CC9)c8c7Cl)n6)C(=O)C5)CC4)cc3C2=O)C(=O)N1. The fourth-order valence-electron chi connectivity index (χ4n) is 8.60. The molecule has 0 bridgehead atoms. The van der Waals surface area contributed by atoms with E-state index in [0.717, 1.165) is 79.0 Å². The van der Waals surface area contributed by atoms with Crippen LogP contribution >= 0.6 is 11.6 Å². The maximum absolute atomic E-state index is 13.4. The van der Waals surface area contributed by atoms with Gasteiger partial charge in [0.05, 0.1) is 28.4 Å². The van der Waals surface area contributed by atoms with Gasteiger partial charge in [0.25, 0.3) is 11.8 Å². The van der Waals surface area contributed by atoms with Crippen molar-refractivity contribution in [2.45, 2.75) is 62.8 Å². The van der Waals surface area contributed by atoms with Crippen molar-refractivity contribution in [2.24, 2.45) is 0 Å². The Hall–Kier alpha value is -4.98. The molecular weight excluding hydrogens is 708 g/mol. The van der Waals surface area contributed by atoms with Crippen molar-refractivity contribution in [3.8, 4) is 11.3 Å². The van der Waals surface area contributed by atoms with Crippen LogP contribution in [0.4, 0.5) is 5.82 Å². The number of aromatic nitrogens is 3. The molecule has 54 heavy (non-hydrogen) atoms. The topological polar surface area (TPSA) is 152 Å². The second-order valence-electron chi connectivity index (χ2n) is 15.2. The maximum Gasteiger partial charge on any atom is 0.262 e. The first-order chi connectivity index (χ1) is 26.2. The summed E-state index contributed by atoms with van der Waals surface area (Å²) in [6, 6.07) is 10.2. The second kappa shape index (κ2) is 14.0. The number of carbonyl (C=O) groups excluding carboxylic acids is 5. The van der Waals surface area contributed by atoms with Crippen LogP contribution in [0, 0.1) is 0 Å². The Balaban J connectivity index is 0.757. The van der Waals surface area contributed by atoms with Crippen molar-refractivity contribution in [2.75, 3.05) is 50.7 Å². The third-order valence-electron chi connectivity index (χ3n) is 11.7. The molecule has 4 fully saturated rings. The summed E-state index contributed by atoms with van der Waals surface area (Å²) in [4.78, 5) is 84.0. The lowest BCUT2D eigenvalue weighted by Crippen LogP contribution is -2.54. The van der Waals surface area contributed by atoms with Crippen LogP contribution < -0.4 is 10.2 Å². The number of hydrogen-bond donors (Lipinski definition) is 2. The molecule has 1 aromatic carbocycles. The van der Waals surface area contributed by atoms with Crippen LogP contribution in [0.1, 0.15) is 88.6 Å². The average Bonchev–Trinajstić information content (AvgIpc) is 3.88. The minimum atomic E-state index is -0.965. The summed E-state index contributed by atoms with van der Waals surface area (Å²) in [5.74, 6) is -0.493. The number of nitrogens with one attached hydrogen (secondary N) is 2. The number of hydrogen-bond acceptors (Lipinski definition) is 9. The van der Waals surface area contributed by atoms with Gasteiger partial charge in [-0.1, -0.05) is 23.7 Å². The summed E-state index contributed by atoms with van der Waals surface area (Å²) >= 11 is 6.95. The molecule has 2 N–H and O–H groups in total. The van der Waals surface area contributed by atoms with E-state index in [9.17, 15) is 24.0 Å². The number of H-pyrrole nitrogens is 1. The van der Waals surface area contributed by atoms with Gasteiger partial charge < -0.3 is 9.88 Å². The molecule has 1 unspecified atom stereocenters. The highest BCUT2D eigenvalue weighted by Gasteiger charge is 2.45. The van der Waals surface area contributed by atoms with E-state index in [1.54, 1.807) is 17.2 Å². The fourth-order valence-corrected chi connectivity index (χ4v) is 8.95. The van der Waals surface area contributed by atoms with Crippen LogP contribution in [0.15, 0.2) is 48.8 Å². The van der Waals surface area contributed by atoms with Gasteiger partial charge in [-0.2, -0.15) is 0 Å². The number of likely N-dealkylation sites (tertiary alicyclic amines) is 1. The third-order valence-corrected chi connectivity index (χ3v) is 12.1. The second-order valence-corrected chi connectivity index (χ2v) is 15.5. The summed E-state index contributed by atoms with van der Waals surface area (Å²) in [5, 5.41) is 3.86. The molecule has 13 nitrogen and oxygen atoms in total. The molecule has 7 heterocycles. The Bertz CT molecular complexity index is 2210. The quantitative estimate of drug-likeness (QED) is 0.236.